The van der Waals surface area contributed by atoms with Crippen LogP contribution in [0.1, 0.15) is 48.9 Å². The molecule has 2 nitrogen and oxygen atoms in total. The Hall–Kier alpha value is -7.42. The molecule has 0 spiro atoms. The van der Waals surface area contributed by atoms with Gasteiger partial charge in [-0.15, -0.1) is 0 Å². The molecule has 0 fully saturated rings. The normalized spacial score (nSPS) is 14.7. The number of allylic oxidation sites excluding steroid dienone is 4. The Balaban J connectivity index is 1.08. The molecule has 0 saturated carbocycles. The fourth-order valence-electron chi connectivity index (χ4n) is 10.3. The van der Waals surface area contributed by atoms with Crippen molar-refractivity contribution >= 4 is 56.7 Å². The molecule has 0 N–H and O–H groups in total. The molecule has 0 bridgehead atoms. The van der Waals surface area contributed by atoms with Gasteiger partial charge in [-0.25, -0.2) is 0 Å². The van der Waals surface area contributed by atoms with Gasteiger partial charge in [0, 0.05) is 27.6 Å². The van der Waals surface area contributed by atoms with E-state index in [2.05, 4.69) is 230 Å². The third-order valence-corrected chi connectivity index (χ3v) is 13.4. The second-order valence-corrected chi connectivity index (χ2v) is 17.3. The predicted octanol–water partition coefficient (Wildman–Crippen LogP) is 16.2. The van der Waals surface area contributed by atoms with E-state index in [9.17, 15) is 0 Å². The topological polar surface area (TPSA) is 8.17 Å². The Kier molecular flexibility index (Phi) is 8.05. The van der Waals surface area contributed by atoms with Crippen molar-refractivity contribution in [1.82, 2.24) is 4.57 Å². The first-order valence-electron chi connectivity index (χ1n) is 21.6. The number of para-hydroxylation sites is 1. The predicted molar refractivity (Wildman–Crippen MR) is 260 cm³/mol. The Morgan fingerprint density at radius 3 is 1.87 bits per heavy atom. The van der Waals surface area contributed by atoms with Crippen LogP contribution in [0.15, 0.2) is 194 Å². The van der Waals surface area contributed by atoms with E-state index in [-0.39, 0.29) is 5.41 Å². The Morgan fingerprint density at radius 2 is 1.11 bits per heavy atom. The molecule has 8 aromatic carbocycles. The van der Waals surface area contributed by atoms with Gasteiger partial charge in [0.15, 0.2) is 0 Å². The van der Waals surface area contributed by atoms with Crippen LogP contribution in [0.2, 0.25) is 0 Å². The summed E-state index contributed by atoms with van der Waals surface area (Å²) in [5.41, 5.74) is 22.2. The van der Waals surface area contributed by atoms with E-state index < -0.39 is 0 Å². The smallest absolute Gasteiger partial charge is 0.0544 e. The monoisotopic (exact) mass is 780 g/mol. The number of fused-ring (bicyclic) bond motifs is 8. The minimum absolute atomic E-state index is 0.106. The molecule has 1 aliphatic heterocycles. The molecule has 2 aliphatic carbocycles. The maximum absolute atomic E-state index is 2.52. The quantitative estimate of drug-likeness (QED) is 0.169. The summed E-state index contributed by atoms with van der Waals surface area (Å²) >= 11 is 0. The first kappa shape index (κ1) is 35.5. The maximum atomic E-state index is 2.52. The van der Waals surface area contributed by atoms with Gasteiger partial charge in [-0.2, -0.15) is 0 Å². The molecule has 0 saturated heterocycles. The van der Waals surface area contributed by atoms with Crippen molar-refractivity contribution in [3.63, 3.8) is 0 Å². The fraction of sp³-hybridized carbons (Fsp3) is 0.0847. The van der Waals surface area contributed by atoms with Crippen LogP contribution in [-0.2, 0) is 5.41 Å². The SMILES string of the molecule is CC1(C)c2ccccc2-c2cc3c(cc21)C=Cc1cc(-c2ccc4c5ccccc5n(C5=CC=CCC5)c4c2)ccc1N3c1cc(-c2ccccc2)cc(-c2ccccc2)c1. The lowest BCUT2D eigenvalue weighted by Gasteiger charge is -2.30. The molecule has 290 valence electrons. The second kappa shape index (κ2) is 13.8. The van der Waals surface area contributed by atoms with Gasteiger partial charge in [-0.05, 0) is 140 Å². The number of aromatic nitrogens is 1. The average Bonchev–Trinajstić information content (AvgIpc) is 3.69. The van der Waals surface area contributed by atoms with Crippen LogP contribution >= 0.6 is 0 Å². The van der Waals surface area contributed by atoms with E-state index in [1.54, 1.807) is 0 Å². The van der Waals surface area contributed by atoms with Crippen LogP contribution in [-0.4, -0.2) is 4.57 Å². The van der Waals surface area contributed by atoms with Gasteiger partial charge in [-0.3, -0.25) is 0 Å². The summed E-state index contributed by atoms with van der Waals surface area (Å²) in [6.07, 6.45) is 13.5. The fourth-order valence-corrected chi connectivity index (χ4v) is 10.3. The van der Waals surface area contributed by atoms with Crippen molar-refractivity contribution in [2.24, 2.45) is 0 Å². The number of hydrogen-bond acceptors (Lipinski definition) is 1. The molecule has 2 heteroatoms. The zero-order valence-corrected chi connectivity index (χ0v) is 34.4. The van der Waals surface area contributed by atoms with Gasteiger partial charge in [0.25, 0.3) is 0 Å². The van der Waals surface area contributed by atoms with Crippen LogP contribution in [0.5, 0.6) is 0 Å². The lowest BCUT2D eigenvalue weighted by Crippen LogP contribution is -2.16. The molecule has 0 amide bonds. The highest BCUT2D eigenvalue weighted by molar-refractivity contribution is 6.11. The number of rotatable bonds is 5. The summed E-state index contributed by atoms with van der Waals surface area (Å²) in [4.78, 5) is 2.52. The largest absolute Gasteiger partial charge is 0.313 e. The third-order valence-electron chi connectivity index (χ3n) is 13.4. The van der Waals surface area contributed by atoms with Gasteiger partial charge >= 0.3 is 0 Å². The number of anilines is 3. The van der Waals surface area contributed by atoms with Crippen molar-refractivity contribution < 1.29 is 0 Å². The minimum atomic E-state index is -0.106. The van der Waals surface area contributed by atoms with Crippen LogP contribution in [0.25, 0.3) is 84.2 Å². The van der Waals surface area contributed by atoms with Crippen LogP contribution in [0, 0.1) is 0 Å². The summed E-state index contributed by atoms with van der Waals surface area (Å²) in [6.45, 7) is 4.74. The lowest BCUT2D eigenvalue weighted by atomic mass is 9.82. The minimum Gasteiger partial charge on any atom is -0.313 e. The van der Waals surface area contributed by atoms with Crippen LogP contribution in [0.4, 0.5) is 17.1 Å². The van der Waals surface area contributed by atoms with E-state index in [4.69, 9.17) is 0 Å². The van der Waals surface area contributed by atoms with E-state index in [1.165, 1.54) is 100.0 Å². The molecular weight excluding hydrogens is 737 g/mol. The standard InChI is InChI=1S/C59H44N2/c1-59(2)53-24-14-12-22-49(53)52-38-57-44(36-54(52)59)27-26-43-32-41(42-28-30-51-50-23-13-15-25-56(50)60(58(51)37-42)47-20-10-5-11-21-47)29-31-55(43)61(57)48-34-45(39-16-6-3-7-17-39)33-46(35-48)40-18-8-4-9-19-40/h3-10,12-20,22-38H,11,21H2,1-2H3. The van der Waals surface area contributed by atoms with Gasteiger partial charge < -0.3 is 9.47 Å². The number of hydrogen-bond donors (Lipinski definition) is 0. The van der Waals surface area contributed by atoms with Crippen LogP contribution in [0.3, 0.4) is 0 Å². The third kappa shape index (κ3) is 5.70. The highest BCUT2D eigenvalue weighted by Crippen LogP contribution is 2.53. The molecule has 0 atom stereocenters. The first-order valence-corrected chi connectivity index (χ1v) is 21.6. The first-order chi connectivity index (χ1) is 30.0. The van der Waals surface area contributed by atoms with Crippen molar-refractivity contribution in [1.29, 1.82) is 0 Å². The summed E-state index contributed by atoms with van der Waals surface area (Å²) < 4.78 is 2.49. The Labute approximate surface area is 357 Å². The molecular formula is C59H44N2. The highest BCUT2D eigenvalue weighted by Gasteiger charge is 2.37. The molecule has 1 aromatic heterocycles. The molecule has 2 heterocycles. The van der Waals surface area contributed by atoms with Crippen LogP contribution < -0.4 is 4.90 Å². The van der Waals surface area contributed by atoms with Crippen molar-refractivity contribution in [3.05, 3.63) is 216 Å². The Bertz CT molecular complexity index is 3260. The van der Waals surface area contributed by atoms with Gasteiger partial charge in [0.05, 0.1) is 22.4 Å². The molecule has 0 radical (unpaired) electrons. The zero-order chi connectivity index (χ0) is 40.7. The van der Waals surface area contributed by atoms with Gasteiger partial charge in [-0.1, -0.05) is 159 Å². The molecule has 3 aliphatic rings. The second-order valence-electron chi connectivity index (χ2n) is 17.3. The lowest BCUT2D eigenvalue weighted by molar-refractivity contribution is 0.660. The van der Waals surface area contributed by atoms with Crippen molar-refractivity contribution in [2.45, 2.75) is 32.1 Å². The van der Waals surface area contributed by atoms with Gasteiger partial charge in [0.2, 0.25) is 0 Å². The van der Waals surface area contributed by atoms with Gasteiger partial charge in [0.1, 0.15) is 0 Å². The molecule has 9 aromatic rings. The van der Waals surface area contributed by atoms with E-state index >= 15 is 0 Å². The summed E-state index contributed by atoms with van der Waals surface area (Å²) in [5.74, 6) is 0. The van der Waals surface area contributed by atoms with E-state index in [1.807, 2.05) is 0 Å². The number of benzene rings is 8. The summed E-state index contributed by atoms with van der Waals surface area (Å²) in [7, 11) is 0. The van der Waals surface area contributed by atoms with E-state index in [0.717, 1.165) is 24.2 Å². The molecule has 12 rings (SSSR count). The average molecular weight is 781 g/mol. The highest BCUT2D eigenvalue weighted by atomic mass is 15.1. The maximum Gasteiger partial charge on any atom is 0.0544 e. The van der Waals surface area contributed by atoms with E-state index in [0.29, 0.717) is 0 Å². The van der Waals surface area contributed by atoms with Crippen molar-refractivity contribution in [2.75, 3.05) is 4.90 Å². The summed E-state index contributed by atoms with van der Waals surface area (Å²) in [5, 5.41) is 2.58. The summed E-state index contributed by atoms with van der Waals surface area (Å²) in [6, 6.07) is 65.5. The van der Waals surface area contributed by atoms with Crippen molar-refractivity contribution in [3.8, 4) is 44.5 Å². The molecule has 61 heavy (non-hydrogen) atoms. The Morgan fingerprint density at radius 1 is 0.459 bits per heavy atom. The molecule has 0 unspecified atom stereocenters. The number of nitrogens with zero attached hydrogens (tertiary/aromatic N) is 2. The zero-order valence-electron chi connectivity index (χ0n) is 34.4.